The highest BCUT2D eigenvalue weighted by Gasteiger charge is 2.06. The highest BCUT2D eigenvalue weighted by molar-refractivity contribution is 6.30. The van der Waals surface area contributed by atoms with Gasteiger partial charge in [-0.25, -0.2) is 4.39 Å². The summed E-state index contributed by atoms with van der Waals surface area (Å²) in [6.45, 7) is 2.34. The lowest BCUT2D eigenvalue weighted by Crippen LogP contribution is -2.39. The van der Waals surface area contributed by atoms with E-state index in [9.17, 15) is 9.18 Å². The molecule has 1 atom stereocenters. The van der Waals surface area contributed by atoms with Gasteiger partial charge in [-0.2, -0.15) is 0 Å². The lowest BCUT2D eigenvalue weighted by atomic mass is 10.3. The van der Waals surface area contributed by atoms with Crippen molar-refractivity contribution < 1.29 is 13.9 Å². The van der Waals surface area contributed by atoms with Gasteiger partial charge in [-0.1, -0.05) is 11.6 Å². The molecule has 0 aliphatic rings. The van der Waals surface area contributed by atoms with Gasteiger partial charge in [0, 0.05) is 18.7 Å². The summed E-state index contributed by atoms with van der Waals surface area (Å²) in [5, 5.41) is 5.66. The molecule has 1 amide bonds. The fraction of sp³-hybridized carbons (Fsp3) is 0.417. The van der Waals surface area contributed by atoms with Gasteiger partial charge in [-0.15, -0.1) is 12.4 Å². The SMILES string of the molecule is CNC(C)CNC(=O)COc1ccc(F)c(Cl)c1.Cl. The number of carbonyl (C=O) groups is 1. The van der Waals surface area contributed by atoms with Gasteiger partial charge in [0.25, 0.3) is 5.91 Å². The summed E-state index contributed by atoms with van der Waals surface area (Å²) < 4.78 is 18.1. The van der Waals surface area contributed by atoms with Crippen molar-refractivity contribution in [2.24, 2.45) is 0 Å². The van der Waals surface area contributed by atoms with Crippen molar-refractivity contribution in [2.45, 2.75) is 13.0 Å². The van der Waals surface area contributed by atoms with Crippen molar-refractivity contribution in [3.63, 3.8) is 0 Å². The lowest BCUT2D eigenvalue weighted by molar-refractivity contribution is -0.123. The topological polar surface area (TPSA) is 50.4 Å². The van der Waals surface area contributed by atoms with E-state index in [1.807, 2.05) is 14.0 Å². The van der Waals surface area contributed by atoms with Crippen molar-refractivity contribution in [1.82, 2.24) is 10.6 Å². The van der Waals surface area contributed by atoms with E-state index in [4.69, 9.17) is 16.3 Å². The van der Waals surface area contributed by atoms with Gasteiger partial charge in [-0.05, 0) is 26.1 Å². The van der Waals surface area contributed by atoms with E-state index in [0.29, 0.717) is 12.3 Å². The van der Waals surface area contributed by atoms with Crippen molar-refractivity contribution in [3.8, 4) is 5.75 Å². The van der Waals surface area contributed by atoms with E-state index in [2.05, 4.69) is 10.6 Å². The summed E-state index contributed by atoms with van der Waals surface area (Å²) in [4.78, 5) is 11.4. The summed E-state index contributed by atoms with van der Waals surface area (Å²) in [6.07, 6.45) is 0. The summed E-state index contributed by atoms with van der Waals surface area (Å²) in [5.74, 6) is -0.396. The van der Waals surface area contributed by atoms with Crippen LogP contribution in [0.3, 0.4) is 0 Å². The molecule has 0 aliphatic heterocycles. The average Bonchev–Trinajstić information content (AvgIpc) is 2.37. The molecule has 0 heterocycles. The Morgan fingerprint density at radius 2 is 2.21 bits per heavy atom. The molecule has 2 N–H and O–H groups in total. The summed E-state index contributed by atoms with van der Waals surface area (Å²) >= 11 is 5.59. The van der Waals surface area contributed by atoms with Crippen LogP contribution in [0.4, 0.5) is 4.39 Å². The van der Waals surface area contributed by atoms with Gasteiger partial charge in [0.05, 0.1) is 5.02 Å². The van der Waals surface area contributed by atoms with Crippen LogP contribution in [0.1, 0.15) is 6.92 Å². The normalized spacial score (nSPS) is 11.4. The Bertz CT molecular complexity index is 419. The number of ether oxygens (including phenoxy) is 1. The Kier molecular flexibility index (Phi) is 8.47. The second-order valence-electron chi connectivity index (χ2n) is 3.86. The Balaban J connectivity index is 0.00000324. The first kappa shape index (κ1) is 18.0. The zero-order valence-corrected chi connectivity index (χ0v) is 12.3. The molecule has 0 bridgehead atoms. The maximum Gasteiger partial charge on any atom is 0.257 e. The highest BCUT2D eigenvalue weighted by atomic mass is 35.5. The third-order valence-electron chi connectivity index (χ3n) is 2.36. The molecule has 1 rings (SSSR count). The molecule has 19 heavy (non-hydrogen) atoms. The molecule has 108 valence electrons. The molecule has 0 fully saturated rings. The second-order valence-corrected chi connectivity index (χ2v) is 4.27. The number of likely N-dealkylation sites (N-methyl/N-ethyl adjacent to an activating group) is 1. The molecule has 4 nitrogen and oxygen atoms in total. The summed E-state index contributed by atoms with van der Waals surface area (Å²) in [7, 11) is 1.81. The van der Waals surface area contributed by atoms with Crippen LogP contribution in [0.15, 0.2) is 18.2 Å². The monoisotopic (exact) mass is 310 g/mol. The largest absolute Gasteiger partial charge is 0.484 e. The molecule has 0 spiro atoms. The van der Waals surface area contributed by atoms with Crippen LogP contribution >= 0.6 is 24.0 Å². The second kappa shape index (κ2) is 8.96. The Morgan fingerprint density at radius 1 is 1.53 bits per heavy atom. The molecule has 1 aromatic rings. The van der Waals surface area contributed by atoms with Crippen LogP contribution < -0.4 is 15.4 Å². The van der Waals surface area contributed by atoms with Gasteiger partial charge in [0.2, 0.25) is 0 Å². The van der Waals surface area contributed by atoms with E-state index in [1.54, 1.807) is 0 Å². The maximum atomic E-state index is 12.9. The van der Waals surface area contributed by atoms with Crippen LogP contribution in [0.2, 0.25) is 5.02 Å². The third kappa shape index (κ3) is 6.61. The maximum absolute atomic E-state index is 12.9. The van der Waals surface area contributed by atoms with Gasteiger partial charge in [0.1, 0.15) is 11.6 Å². The van der Waals surface area contributed by atoms with Crippen LogP contribution in [0.25, 0.3) is 0 Å². The first-order valence-corrected chi connectivity index (χ1v) is 5.92. The van der Waals surface area contributed by atoms with E-state index in [1.165, 1.54) is 18.2 Å². The number of benzene rings is 1. The molecule has 1 aromatic carbocycles. The minimum absolute atomic E-state index is 0. The quantitative estimate of drug-likeness (QED) is 0.845. The van der Waals surface area contributed by atoms with E-state index in [-0.39, 0.29) is 36.0 Å². The van der Waals surface area contributed by atoms with Crippen LogP contribution in [-0.2, 0) is 4.79 Å². The molecule has 0 radical (unpaired) electrons. The number of halogens is 3. The fourth-order valence-electron chi connectivity index (χ4n) is 1.14. The van der Waals surface area contributed by atoms with Gasteiger partial charge >= 0.3 is 0 Å². The molecule has 0 aliphatic carbocycles. The first-order valence-electron chi connectivity index (χ1n) is 5.54. The predicted molar refractivity (Wildman–Crippen MR) is 75.7 cm³/mol. The van der Waals surface area contributed by atoms with E-state index in [0.717, 1.165) is 0 Å². The zero-order valence-electron chi connectivity index (χ0n) is 10.7. The van der Waals surface area contributed by atoms with Crippen LogP contribution in [-0.4, -0.2) is 32.1 Å². The Hall–Kier alpha value is -1.04. The predicted octanol–water partition coefficient (Wildman–Crippen LogP) is 2.00. The van der Waals surface area contributed by atoms with Crippen LogP contribution in [0.5, 0.6) is 5.75 Å². The molecular weight excluding hydrogens is 294 g/mol. The van der Waals surface area contributed by atoms with Crippen molar-refractivity contribution in [1.29, 1.82) is 0 Å². The van der Waals surface area contributed by atoms with Gasteiger partial charge in [-0.3, -0.25) is 4.79 Å². The molecule has 0 saturated carbocycles. The number of rotatable bonds is 6. The summed E-state index contributed by atoms with van der Waals surface area (Å²) in [5.41, 5.74) is 0. The molecular formula is C12H17Cl2FN2O2. The lowest BCUT2D eigenvalue weighted by Gasteiger charge is -2.12. The number of nitrogens with one attached hydrogen (secondary N) is 2. The zero-order chi connectivity index (χ0) is 13.5. The fourth-order valence-corrected chi connectivity index (χ4v) is 1.31. The molecule has 0 aromatic heterocycles. The number of hydrogen-bond acceptors (Lipinski definition) is 3. The van der Waals surface area contributed by atoms with E-state index < -0.39 is 5.82 Å². The van der Waals surface area contributed by atoms with Crippen LogP contribution in [0, 0.1) is 5.82 Å². The third-order valence-corrected chi connectivity index (χ3v) is 2.65. The van der Waals surface area contributed by atoms with E-state index >= 15 is 0 Å². The van der Waals surface area contributed by atoms with Gasteiger partial charge < -0.3 is 15.4 Å². The number of hydrogen-bond donors (Lipinski definition) is 2. The first-order chi connectivity index (χ1) is 8.52. The van der Waals surface area contributed by atoms with Crippen molar-refractivity contribution in [3.05, 3.63) is 29.0 Å². The van der Waals surface area contributed by atoms with Gasteiger partial charge in [0.15, 0.2) is 6.61 Å². The van der Waals surface area contributed by atoms with Crippen molar-refractivity contribution >= 4 is 29.9 Å². The Labute approximate surface area is 123 Å². The molecule has 0 saturated heterocycles. The Morgan fingerprint density at radius 3 is 2.79 bits per heavy atom. The summed E-state index contributed by atoms with van der Waals surface area (Å²) in [6, 6.07) is 4.14. The molecule has 1 unspecified atom stereocenters. The number of carbonyl (C=O) groups excluding carboxylic acids is 1. The number of amides is 1. The smallest absolute Gasteiger partial charge is 0.257 e. The minimum atomic E-state index is -0.517. The minimum Gasteiger partial charge on any atom is -0.484 e. The van der Waals surface area contributed by atoms with Crippen molar-refractivity contribution in [2.75, 3.05) is 20.2 Å². The average molecular weight is 311 g/mol. The highest BCUT2D eigenvalue weighted by Crippen LogP contribution is 2.20. The molecule has 7 heteroatoms. The standard InChI is InChI=1S/C12H16ClFN2O2.ClH/c1-8(15-2)6-16-12(17)7-18-9-3-4-11(14)10(13)5-9;/h3-5,8,15H,6-7H2,1-2H3,(H,16,17);1H.